The molecule has 7 heteroatoms. The Morgan fingerprint density at radius 3 is 2.91 bits per heavy atom. The molecule has 3 rings (SSSR count). The van der Waals surface area contributed by atoms with Gasteiger partial charge in [-0.3, -0.25) is 4.79 Å². The Hall–Kier alpha value is -1.14. The molecule has 1 heterocycles. The van der Waals surface area contributed by atoms with Crippen molar-refractivity contribution >= 4 is 40.4 Å². The van der Waals surface area contributed by atoms with E-state index in [1.54, 1.807) is 23.6 Å². The minimum atomic E-state index is -0.205. The normalized spacial score (nSPS) is 15.6. The van der Waals surface area contributed by atoms with Gasteiger partial charge in [0.05, 0.1) is 5.02 Å². The van der Waals surface area contributed by atoms with Crippen molar-refractivity contribution in [3.05, 3.63) is 39.3 Å². The van der Waals surface area contributed by atoms with E-state index in [0.717, 1.165) is 18.4 Å². The van der Waals surface area contributed by atoms with Gasteiger partial charge in [-0.25, -0.2) is 4.98 Å². The summed E-state index contributed by atoms with van der Waals surface area (Å²) >= 11 is 13.4. The molecule has 1 fully saturated rings. The molecule has 2 aromatic rings. The fraction of sp³-hybridized carbons (Fsp3) is 0.333. The fourth-order valence-electron chi connectivity index (χ4n) is 2.16. The molecule has 1 saturated carbocycles. The van der Waals surface area contributed by atoms with Crippen molar-refractivity contribution in [2.24, 2.45) is 11.7 Å². The van der Waals surface area contributed by atoms with Crippen LogP contribution in [0.3, 0.4) is 0 Å². The van der Waals surface area contributed by atoms with Crippen molar-refractivity contribution in [1.82, 2.24) is 10.3 Å². The van der Waals surface area contributed by atoms with Crippen LogP contribution in [0.5, 0.6) is 0 Å². The molecule has 1 unspecified atom stereocenters. The van der Waals surface area contributed by atoms with Crippen LogP contribution in [0.4, 0.5) is 0 Å². The summed E-state index contributed by atoms with van der Waals surface area (Å²) in [7, 11) is 0. The van der Waals surface area contributed by atoms with E-state index >= 15 is 0 Å². The molecule has 1 aliphatic carbocycles. The Morgan fingerprint density at radius 2 is 2.23 bits per heavy atom. The largest absolute Gasteiger partial charge is 0.349 e. The maximum atomic E-state index is 12.1. The number of hydrogen-bond donors (Lipinski definition) is 2. The Morgan fingerprint density at radius 1 is 1.45 bits per heavy atom. The van der Waals surface area contributed by atoms with Crippen molar-refractivity contribution in [2.75, 3.05) is 6.54 Å². The third-order valence-electron chi connectivity index (χ3n) is 3.62. The van der Waals surface area contributed by atoms with Crippen LogP contribution < -0.4 is 11.1 Å². The quantitative estimate of drug-likeness (QED) is 0.860. The predicted octanol–water partition coefficient (Wildman–Crippen LogP) is 3.58. The van der Waals surface area contributed by atoms with E-state index in [-0.39, 0.29) is 11.9 Å². The summed E-state index contributed by atoms with van der Waals surface area (Å²) in [4.78, 5) is 16.4. The average Bonchev–Trinajstić information content (AvgIpc) is 3.22. The summed E-state index contributed by atoms with van der Waals surface area (Å²) in [6.07, 6.45) is 2.32. The SMILES string of the molecule is NC(CNC(=O)c1csc(-c2ccc(Cl)cc2Cl)n1)C1CC1. The highest BCUT2D eigenvalue weighted by Gasteiger charge is 2.28. The molecule has 0 saturated heterocycles. The second-order valence-corrected chi connectivity index (χ2v) is 7.08. The fourth-order valence-corrected chi connectivity index (χ4v) is 3.55. The standard InChI is InChI=1S/C15H15Cl2N3OS/c16-9-3-4-10(11(17)5-9)15-20-13(7-22-15)14(21)19-6-12(18)8-1-2-8/h3-5,7-8,12H,1-2,6,18H2,(H,19,21). The number of rotatable bonds is 5. The number of nitrogens with zero attached hydrogens (tertiary/aromatic N) is 1. The second kappa shape index (κ2) is 6.54. The maximum Gasteiger partial charge on any atom is 0.270 e. The Labute approximate surface area is 142 Å². The van der Waals surface area contributed by atoms with Gasteiger partial charge in [-0.05, 0) is 37.0 Å². The summed E-state index contributed by atoms with van der Waals surface area (Å²) in [5.74, 6) is 0.350. The van der Waals surface area contributed by atoms with Gasteiger partial charge >= 0.3 is 0 Å². The van der Waals surface area contributed by atoms with Gasteiger partial charge in [0.1, 0.15) is 10.7 Å². The Bertz CT molecular complexity index is 700. The first-order chi connectivity index (χ1) is 10.5. The molecular weight excluding hydrogens is 341 g/mol. The molecule has 1 aliphatic rings. The predicted molar refractivity (Wildman–Crippen MR) is 90.6 cm³/mol. The molecule has 0 radical (unpaired) electrons. The van der Waals surface area contributed by atoms with Crippen LogP contribution in [0.15, 0.2) is 23.6 Å². The van der Waals surface area contributed by atoms with Crippen molar-refractivity contribution in [1.29, 1.82) is 0 Å². The summed E-state index contributed by atoms with van der Waals surface area (Å²) in [5.41, 5.74) is 7.12. The van der Waals surface area contributed by atoms with Gasteiger partial charge in [-0.1, -0.05) is 23.2 Å². The summed E-state index contributed by atoms with van der Waals surface area (Å²) in [6.45, 7) is 0.484. The smallest absolute Gasteiger partial charge is 0.270 e. The number of halogens is 2. The third-order valence-corrected chi connectivity index (χ3v) is 5.05. The first-order valence-corrected chi connectivity index (χ1v) is 8.63. The summed E-state index contributed by atoms with van der Waals surface area (Å²) < 4.78 is 0. The van der Waals surface area contributed by atoms with Gasteiger partial charge in [-0.2, -0.15) is 0 Å². The number of amides is 1. The van der Waals surface area contributed by atoms with Crippen LogP contribution in [0.25, 0.3) is 10.6 Å². The number of hydrogen-bond acceptors (Lipinski definition) is 4. The molecule has 4 nitrogen and oxygen atoms in total. The van der Waals surface area contributed by atoms with Crippen LogP contribution in [0.2, 0.25) is 10.0 Å². The van der Waals surface area contributed by atoms with Crippen LogP contribution in [-0.4, -0.2) is 23.5 Å². The Balaban J connectivity index is 1.68. The molecule has 0 spiro atoms. The van der Waals surface area contributed by atoms with E-state index in [4.69, 9.17) is 28.9 Å². The van der Waals surface area contributed by atoms with E-state index in [2.05, 4.69) is 10.3 Å². The highest BCUT2D eigenvalue weighted by molar-refractivity contribution is 7.13. The third kappa shape index (κ3) is 3.60. The lowest BCUT2D eigenvalue weighted by atomic mass is 10.2. The van der Waals surface area contributed by atoms with E-state index in [0.29, 0.717) is 33.2 Å². The highest BCUT2D eigenvalue weighted by Crippen LogP contribution is 2.33. The molecular formula is C15H15Cl2N3OS. The van der Waals surface area contributed by atoms with Gasteiger partial charge < -0.3 is 11.1 Å². The number of carbonyl (C=O) groups excluding carboxylic acids is 1. The number of nitrogens with two attached hydrogens (primary N) is 1. The van der Waals surface area contributed by atoms with Crippen molar-refractivity contribution < 1.29 is 4.79 Å². The van der Waals surface area contributed by atoms with Gasteiger partial charge in [0.15, 0.2) is 0 Å². The van der Waals surface area contributed by atoms with Gasteiger partial charge in [-0.15, -0.1) is 11.3 Å². The zero-order valence-corrected chi connectivity index (χ0v) is 14.0. The number of thiazole rings is 1. The molecule has 116 valence electrons. The molecule has 1 aromatic heterocycles. The van der Waals surface area contributed by atoms with Gasteiger partial charge in [0, 0.05) is 28.6 Å². The van der Waals surface area contributed by atoms with E-state index in [1.807, 2.05) is 0 Å². The monoisotopic (exact) mass is 355 g/mol. The Kier molecular flexibility index (Phi) is 4.68. The molecule has 1 atom stereocenters. The van der Waals surface area contributed by atoms with Crippen molar-refractivity contribution in [3.8, 4) is 10.6 Å². The second-order valence-electron chi connectivity index (χ2n) is 5.37. The van der Waals surface area contributed by atoms with E-state index in [9.17, 15) is 4.79 Å². The molecule has 3 N–H and O–H groups in total. The first-order valence-electron chi connectivity index (χ1n) is 6.99. The molecule has 0 bridgehead atoms. The van der Waals surface area contributed by atoms with Crippen LogP contribution in [-0.2, 0) is 0 Å². The number of aromatic nitrogens is 1. The zero-order chi connectivity index (χ0) is 15.7. The molecule has 0 aliphatic heterocycles. The first kappa shape index (κ1) is 15.7. The van der Waals surface area contributed by atoms with Crippen molar-refractivity contribution in [2.45, 2.75) is 18.9 Å². The lowest BCUT2D eigenvalue weighted by molar-refractivity contribution is 0.0946. The molecule has 22 heavy (non-hydrogen) atoms. The average molecular weight is 356 g/mol. The zero-order valence-electron chi connectivity index (χ0n) is 11.7. The topological polar surface area (TPSA) is 68.0 Å². The molecule has 1 aromatic carbocycles. The lowest BCUT2D eigenvalue weighted by Crippen LogP contribution is -2.38. The van der Waals surface area contributed by atoms with Crippen LogP contribution in [0, 0.1) is 5.92 Å². The minimum absolute atomic E-state index is 0.0350. The molecule has 1 amide bonds. The van der Waals surface area contributed by atoms with Crippen LogP contribution in [0.1, 0.15) is 23.3 Å². The number of carbonyl (C=O) groups is 1. The number of benzene rings is 1. The lowest BCUT2D eigenvalue weighted by Gasteiger charge is -2.10. The van der Waals surface area contributed by atoms with Crippen molar-refractivity contribution in [3.63, 3.8) is 0 Å². The van der Waals surface area contributed by atoms with Gasteiger partial charge in [0.25, 0.3) is 5.91 Å². The maximum absolute atomic E-state index is 12.1. The summed E-state index contributed by atoms with van der Waals surface area (Å²) in [6, 6.07) is 5.24. The number of nitrogens with one attached hydrogen (secondary N) is 1. The highest BCUT2D eigenvalue weighted by atomic mass is 35.5. The van der Waals surface area contributed by atoms with E-state index in [1.165, 1.54) is 11.3 Å². The van der Waals surface area contributed by atoms with Crippen LogP contribution >= 0.6 is 34.5 Å². The van der Waals surface area contributed by atoms with E-state index < -0.39 is 0 Å². The minimum Gasteiger partial charge on any atom is -0.349 e. The summed E-state index contributed by atoms with van der Waals surface area (Å²) in [5, 5.41) is 6.33. The van der Waals surface area contributed by atoms with Gasteiger partial charge in [0.2, 0.25) is 0 Å².